The molecule has 6 heteroatoms. The molecule has 2 atom stereocenters. The second-order valence-corrected chi connectivity index (χ2v) is 6.52. The van der Waals surface area contributed by atoms with Gasteiger partial charge in [-0.25, -0.2) is 13.6 Å². The van der Waals surface area contributed by atoms with Crippen molar-refractivity contribution in [3.63, 3.8) is 0 Å². The number of hydrogen-bond acceptors (Lipinski definition) is 3. The van der Waals surface area contributed by atoms with Crippen LogP contribution in [0.5, 0.6) is 0 Å². The molecule has 1 aromatic rings. The first-order valence-corrected chi connectivity index (χ1v) is 7.34. The predicted molar refractivity (Wildman–Crippen MR) is 79.8 cm³/mol. The number of halogens is 2. The van der Waals surface area contributed by atoms with Crippen LogP contribution in [0.3, 0.4) is 0 Å². The third-order valence-electron chi connectivity index (χ3n) is 3.29. The van der Waals surface area contributed by atoms with Crippen molar-refractivity contribution in [1.29, 1.82) is 0 Å². The fourth-order valence-electron chi connectivity index (χ4n) is 2.07. The summed E-state index contributed by atoms with van der Waals surface area (Å²) in [6.07, 6.45) is -2.01. The Bertz CT molecular complexity index is 512. The van der Waals surface area contributed by atoms with Gasteiger partial charge >= 0.3 is 6.09 Å². The second-order valence-electron chi connectivity index (χ2n) is 6.52. The Morgan fingerprint density at radius 2 is 1.91 bits per heavy atom. The highest BCUT2D eigenvalue weighted by atomic mass is 19.3. The van der Waals surface area contributed by atoms with E-state index in [4.69, 9.17) is 4.74 Å². The van der Waals surface area contributed by atoms with Gasteiger partial charge in [-0.3, -0.25) is 0 Å². The molecule has 0 heterocycles. The summed E-state index contributed by atoms with van der Waals surface area (Å²) in [5.41, 5.74) is 0.459. The molecule has 0 aliphatic heterocycles. The number of ether oxygens (including phenoxy) is 1. The molecule has 1 amide bonds. The van der Waals surface area contributed by atoms with Crippen LogP contribution in [0, 0.1) is 0 Å². The summed E-state index contributed by atoms with van der Waals surface area (Å²) in [5.74, 6) is 0. The van der Waals surface area contributed by atoms with Gasteiger partial charge in [0.15, 0.2) is 0 Å². The standard InChI is InChI=1S/C16H22F2N2O2/c1-16(2,3)22-15(21)20-13-8-12(13)19-9-10-4-6-11(7-5-10)14(17)18/h4-7,12-14,19H,8-9H2,1-3H3,(H,20,21). The van der Waals surface area contributed by atoms with Crippen molar-refractivity contribution in [3.8, 4) is 0 Å². The SMILES string of the molecule is CC(C)(C)OC(=O)NC1CC1NCc1ccc(C(F)F)cc1. The molecule has 1 saturated carbocycles. The van der Waals surface area contributed by atoms with Gasteiger partial charge in [0.25, 0.3) is 6.43 Å². The molecule has 2 rings (SSSR count). The van der Waals surface area contributed by atoms with E-state index in [0.29, 0.717) is 6.54 Å². The van der Waals surface area contributed by atoms with Crippen molar-refractivity contribution in [2.75, 3.05) is 0 Å². The van der Waals surface area contributed by atoms with Crippen molar-refractivity contribution < 1.29 is 18.3 Å². The van der Waals surface area contributed by atoms with E-state index in [1.165, 1.54) is 12.1 Å². The van der Waals surface area contributed by atoms with Gasteiger partial charge in [-0.15, -0.1) is 0 Å². The number of rotatable bonds is 5. The van der Waals surface area contributed by atoms with E-state index in [0.717, 1.165) is 12.0 Å². The van der Waals surface area contributed by atoms with Crippen LogP contribution in [0.4, 0.5) is 13.6 Å². The van der Waals surface area contributed by atoms with Crippen LogP contribution in [0.25, 0.3) is 0 Å². The van der Waals surface area contributed by atoms with Crippen LogP contribution in [-0.2, 0) is 11.3 Å². The molecule has 1 aliphatic rings. The third-order valence-corrected chi connectivity index (χ3v) is 3.29. The first-order chi connectivity index (χ1) is 10.2. The Kier molecular flexibility index (Phi) is 5.01. The van der Waals surface area contributed by atoms with E-state index in [-0.39, 0.29) is 17.6 Å². The molecule has 0 bridgehead atoms. The lowest BCUT2D eigenvalue weighted by molar-refractivity contribution is 0.0522. The number of carbonyl (C=O) groups is 1. The Morgan fingerprint density at radius 3 is 2.45 bits per heavy atom. The van der Waals surface area contributed by atoms with Gasteiger partial charge in [0, 0.05) is 24.2 Å². The zero-order chi connectivity index (χ0) is 16.3. The lowest BCUT2D eigenvalue weighted by Gasteiger charge is -2.19. The van der Waals surface area contributed by atoms with E-state index in [1.807, 2.05) is 20.8 Å². The summed E-state index contributed by atoms with van der Waals surface area (Å²) >= 11 is 0. The Labute approximate surface area is 129 Å². The van der Waals surface area contributed by atoms with E-state index in [2.05, 4.69) is 10.6 Å². The molecule has 0 radical (unpaired) electrons. The minimum Gasteiger partial charge on any atom is -0.444 e. The number of amides is 1. The van der Waals surface area contributed by atoms with Gasteiger partial charge < -0.3 is 15.4 Å². The molecule has 0 spiro atoms. The van der Waals surface area contributed by atoms with Crippen LogP contribution >= 0.6 is 0 Å². The van der Waals surface area contributed by atoms with E-state index < -0.39 is 18.1 Å². The van der Waals surface area contributed by atoms with Crippen LogP contribution in [0.1, 0.15) is 44.7 Å². The fraction of sp³-hybridized carbons (Fsp3) is 0.562. The van der Waals surface area contributed by atoms with Crippen molar-refractivity contribution in [2.45, 2.75) is 57.8 Å². The maximum absolute atomic E-state index is 12.4. The zero-order valence-electron chi connectivity index (χ0n) is 13.0. The molecule has 2 unspecified atom stereocenters. The molecule has 122 valence electrons. The molecule has 0 saturated heterocycles. The number of benzene rings is 1. The zero-order valence-corrected chi connectivity index (χ0v) is 13.0. The first-order valence-electron chi connectivity index (χ1n) is 7.34. The van der Waals surface area contributed by atoms with Gasteiger partial charge in [-0.2, -0.15) is 0 Å². The van der Waals surface area contributed by atoms with Gasteiger partial charge in [-0.05, 0) is 32.8 Å². The molecule has 1 fully saturated rings. The maximum Gasteiger partial charge on any atom is 0.407 e. The van der Waals surface area contributed by atoms with Crippen LogP contribution in [0.15, 0.2) is 24.3 Å². The largest absolute Gasteiger partial charge is 0.444 e. The summed E-state index contributed by atoms with van der Waals surface area (Å²) in [4.78, 5) is 11.6. The average Bonchev–Trinajstić information content (AvgIpc) is 3.12. The fourth-order valence-corrected chi connectivity index (χ4v) is 2.07. The minimum absolute atomic E-state index is 0.0274. The topological polar surface area (TPSA) is 50.4 Å². The quantitative estimate of drug-likeness (QED) is 0.876. The van der Waals surface area contributed by atoms with E-state index in [9.17, 15) is 13.6 Å². The predicted octanol–water partition coefficient (Wildman–Crippen LogP) is 3.38. The molecule has 22 heavy (non-hydrogen) atoms. The van der Waals surface area contributed by atoms with Crippen molar-refractivity contribution >= 4 is 6.09 Å². The molecule has 2 N–H and O–H groups in total. The Morgan fingerprint density at radius 1 is 1.27 bits per heavy atom. The number of alkyl carbamates (subject to hydrolysis) is 1. The summed E-state index contributed by atoms with van der Waals surface area (Å²) in [5, 5.41) is 6.08. The second kappa shape index (κ2) is 6.60. The maximum atomic E-state index is 12.4. The number of carbonyl (C=O) groups excluding carboxylic acids is 1. The normalized spacial score (nSPS) is 20.8. The van der Waals surface area contributed by atoms with E-state index in [1.54, 1.807) is 12.1 Å². The highest BCUT2D eigenvalue weighted by Crippen LogP contribution is 2.23. The number of hydrogen-bond donors (Lipinski definition) is 2. The summed E-state index contributed by atoms with van der Waals surface area (Å²) in [7, 11) is 0. The number of nitrogens with one attached hydrogen (secondary N) is 2. The molecular weight excluding hydrogens is 290 g/mol. The molecule has 1 aliphatic carbocycles. The molecule has 1 aromatic carbocycles. The lowest BCUT2D eigenvalue weighted by atomic mass is 10.1. The Balaban J connectivity index is 1.70. The van der Waals surface area contributed by atoms with Gasteiger partial charge in [0.2, 0.25) is 0 Å². The van der Waals surface area contributed by atoms with Crippen molar-refractivity contribution in [2.24, 2.45) is 0 Å². The van der Waals surface area contributed by atoms with Crippen molar-refractivity contribution in [3.05, 3.63) is 35.4 Å². The first kappa shape index (κ1) is 16.7. The third kappa shape index (κ3) is 5.26. The highest BCUT2D eigenvalue weighted by molar-refractivity contribution is 5.68. The summed E-state index contributed by atoms with van der Waals surface area (Å²) in [6, 6.07) is 6.51. The number of alkyl halides is 2. The highest BCUT2D eigenvalue weighted by Gasteiger charge is 2.38. The van der Waals surface area contributed by atoms with Gasteiger partial charge in [0.05, 0.1) is 0 Å². The minimum atomic E-state index is -2.44. The summed E-state index contributed by atoms with van der Waals surface area (Å²) < 4.78 is 30.1. The molecule has 4 nitrogen and oxygen atoms in total. The molecular formula is C16H22F2N2O2. The van der Waals surface area contributed by atoms with Gasteiger partial charge in [-0.1, -0.05) is 24.3 Å². The van der Waals surface area contributed by atoms with Crippen LogP contribution in [-0.4, -0.2) is 23.8 Å². The van der Waals surface area contributed by atoms with Crippen LogP contribution < -0.4 is 10.6 Å². The van der Waals surface area contributed by atoms with E-state index >= 15 is 0 Å². The monoisotopic (exact) mass is 312 g/mol. The summed E-state index contributed by atoms with van der Waals surface area (Å²) in [6.45, 7) is 6.04. The lowest BCUT2D eigenvalue weighted by Crippen LogP contribution is -2.36. The van der Waals surface area contributed by atoms with Crippen molar-refractivity contribution in [1.82, 2.24) is 10.6 Å². The smallest absolute Gasteiger partial charge is 0.407 e. The Hall–Kier alpha value is -1.69. The van der Waals surface area contributed by atoms with Crippen LogP contribution in [0.2, 0.25) is 0 Å². The average molecular weight is 312 g/mol. The van der Waals surface area contributed by atoms with Gasteiger partial charge in [0.1, 0.15) is 5.60 Å². The molecule has 0 aromatic heterocycles.